The van der Waals surface area contributed by atoms with Crippen molar-refractivity contribution in [2.75, 3.05) is 11.6 Å². The van der Waals surface area contributed by atoms with Gasteiger partial charge in [0.2, 0.25) is 0 Å². The second-order valence-corrected chi connectivity index (χ2v) is 6.85. The summed E-state index contributed by atoms with van der Waals surface area (Å²) in [5, 5.41) is 9.08. The van der Waals surface area contributed by atoms with Gasteiger partial charge < -0.3 is 10.0 Å². The van der Waals surface area contributed by atoms with Gasteiger partial charge in [0.15, 0.2) is 0 Å². The first-order valence-electron chi connectivity index (χ1n) is 5.07. The van der Waals surface area contributed by atoms with E-state index in [0.29, 0.717) is 21.7 Å². The van der Waals surface area contributed by atoms with E-state index in [2.05, 4.69) is 38.5 Å². The third-order valence-corrected chi connectivity index (χ3v) is 4.96. The molecule has 1 aromatic rings. The number of nitrogens with zero attached hydrogens (tertiary/aromatic N) is 1. The van der Waals surface area contributed by atoms with Crippen molar-refractivity contribution in [1.29, 1.82) is 0 Å². The van der Waals surface area contributed by atoms with Crippen LogP contribution >= 0.6 is 50.3 Å². The molecule has 1 N–H and O–H groups in total. The molecule has 0 spiro atoms. The molecule has 1 unspecified atom stereocenters. The quantitative estimate of drug-likeness (QED) is 0.717. The number of carboxylic acid groups (broad SMARTS) is 1. The number of hydrogen-bond donors (Lipinski definition) is 1. The van der Waals surface area contributed by atoms with E-state index >= 15 is 0 Å². The molecule has 1 aromatic carbocycles. The summed E-state index contributed by atoms with van der Waals surface area (Å²) in [4.78, 5) is 24.8. The van der Waals surface area contributed by atoms with Gasteiger partial charge in [-0.1, -0.05) is 0 Å². The third kappa shape index (κ3) is 2.83. The summed E-state index contributed by atoms with van der Waals surface area (Å²) in [6.07, 6.45) is 0. The van der Waals surface area contributed by atoms with Gasteiger partial charge in [-0.25, -0.2) is 4.79 Å². The van der Waals surface area contributed by atoms with Crippen molar-refractivity contribution in [3.63, 3.8) is 0 Å². The number of amides is 1. The standard InChI is InChI=1S/C11H9BrINO3S/c12-8-2-1-6(13)3-7(8)10(15)14-5-18-4-9(14)11(16)17/h1-3,9H,4-5H2,(H,16,17). The first-order valence-corrected chi connectivity index (χ1v) is 8.10. The average Bonchev–Trinajstić information content (AvgIpc) is 2.80. The Balaban J connectivity index is 2.31. The number of carboxylic acids is 1. The highest BCUT2D eigenvalue weighted by atomic mass is 127. The minimum absolute atomic E-state index is 0.238. The lowest BCUT2D eigenvalue weighted by atomic mass is 10.2. The van der Waals surface area contributed by atoms with Gasteiger partial charge in [-0.15, -0.1) is 11.8 Å². The van der Waals surface area contributed by atoms with Crippen LogP contribution in [0, 0.1) is 3.57 Å². The van der Waals surface area contributed by atoms with E-state index in [4.69, 9.17) is 5.11 Å². The van der Waals surface area contributed by atoms with E-state index in [1.54, 1.807) is 12.1 Å². The van der Waals surface area contributed by atoms with Crippen LogP contribution in [0.2, 0.25) is 0 Å². The number of benzene rings is 1. The normalized spacial score (nSPS) is 19.0. The van der Waals surface area contributed by atoms with Crippen molar-refractivity contribution in [2.24, 2.45) is 0 Å². The summed E-state index contributed by atoms with van der Waals surface area (Å²) in [5.74, 6) is -0.316. The highest BCUT2D eigenvalue weighted by molar-refractivity contribution is 14.1. The second-order valence-electron chi connectivity index (χ2n) is 3.75. The van der Waals surface area contributed by atoms with Crippen LogP contribution in [0.25, 0.3) is 0 Å². The molecular formula is C11H9BrINO3S. The first kappa shape index (κ1) is 14.1. The van der Waals surface area contributed by atoms with Crippen LogP contribution in [0.3, 0.4) is 0 Å². The van der Waals surface area contributed by atoms with Crippen LogP contribution in [-0.4, -0.2) is 39.6 Å². The Bertz CT molecular complexity index is 511. The summed E-state index contributed by atoms with van der Waals surface area (Å²) in [5.41, 5.74) is 0.510. The molecule has 96 valence electrons. The molecule has 4 nitrogen and oxygen atoms in total. The Morgan fingerprint density at radius 2 is 2.22 bits per heavy atom. The third-order valence-electron chi connectivity index (χ3n) is 2.59. The van der Waals surface area contributed by atoms with Crippen molar-refractivity contribution in [1.82, 2.24) is 4.90 Å². The lowest BCUT2D eigenvalue weighted by molar-refractivity contribution is -0.140. The predicted molar refractivity (Wildman–Crippen MR) is 81.8 cm³/mol. The maximum Gasteiger partial charge on any atom is 0.327 e. The Morgan fingerprint density at radius 3 is 2.89 bits per heavy atom. The fourth-order valence-electron chi connectivity index (χ4n) is 1.66. The molecule has 0 saturated carbocycles. The van der Waals surface area contributed by atoms with Gasteiger partial charge in [0.25, 0.3) is 5.91 Å². The summed E-state index contributed by atoms with van der Waals surface area (Å²) < 4.78 is 1.63. The van der Waals surface area contributed by atoms with Crippen molar-refractivity contribution >= 4 is 62.2 Å². The zero-order chi connectivity index (χ0) is 13.3. The molecule has 1 aliphatic heterocycles. The van der Waals surface area contributed by atoms with Gasteiger partial charge in [0.1, 0.15) is 6.04 Å². The molecule has 1 aliphatic rings. The zero-order valence-electron chi connectivity index (χ0n) is 9.10. The topological polar surface area (TPSA) is 57.6 Å². The number of hydrogen-bond acceptors (Lipinski definition) is 3. The highest BCUT2D eigenvalue weighted by Crippen LogP contribution is 2.27. The minimum Gasteiger partial charge on any atom is -0.480 e. The van der Waals surface area contributed by atoms with Crippen LogP contribution in [0.5, 0.6) is 0 Å². The van der Waals surface area contributed by atoms with Crippen molar-refractivity contribution in [2.45, 2.75) is 6.04 Å². The van der Waals surface area contributed by atoms with Crippen LogP contribution < -0.4 is 0 Å². The van der Waals surface area contributed by atoms with E-state index in [9.17, 15) is 9.59 Å². The highest BCUT2D eigenvalue weighted by Gasteiger charge is 2.35. The second kappa shape index (κ2) is 5.79. The fourth-order valence-corrected chi connectivity index (χ4v) is 3.72. The number of carbonyl (C=O) groups is 2. The van der Waals surface area contributed by atoms with Crippen molar-refractivity contribution in [3.05, 3.63) is 31.8 Å². The van der Waals surface area contributed by atoms with E-state index in [0.717, 1.165) is 3.57 Å². The largest absolute Gasteiger partial charge is 0.480 e. The Hall–Kier alpha value is -0.280. The lowest BCUT2D eigenvalue weighted by Gasteiger charge is -2.21. The molecule has 0 bridgehead atoms. The monoisotopic (exact) mass is 441 g/mol. The van der Waals surface area contributed by atoms with E-state index in [-0.39, 0.29) is 5.91 Å². The Labute approximate surface area is 130 Å². The van der Waals surface area contributed by atoms with E-state index < -0.39 is 12.0 Å². The van der Waals surface area contributed by atoms with Crippen LogP contribution in [0.15, 0.2) is 22.7 Å². The molecule has 7 heteroatoms. The summed E-state index contributed by atoms with van der Waals surface area (Å²) in [7, 11) is 0. The first-order chi connectivity index (χ1) is 8.50. The van der Waals surface area contributed by atoms with Gasteiger partial charge in [0.05, 0.1) is 11.4 Å². The summed E-state index contributed by atoms with van der Waals surface area (Å²) >= 11 is 6.91. The number of rotatable bonds is 2. The average molecular weight is 442 g/mol. The number of carbonyl (C=O) groups excluding carboxylic acids is 1. The summed E-state index contributed by atoms with van der Waals surface area (Å²) in [6.45, 7) is 0. The fraction of sp³-hybridized carbons (Fsp3) is 0.273. The molecule has 1 fully saturated rings. The zero-order valence-corrected chi connectivity index (χ0v) is 13.7. The molecule has 0 aliphatic carbocycles. The SMILES string of the molecule is O=C(O)C1CSCN1C(=O)c1cc(I)ccc1Br. The number of aliphatic carboxylic acids is 1. The van der Waals surface area contributed by atoms with Crippen molar-refractivity contribution in [3.8, 4) is 0 Å². The van der Waals surface area contributed by atoms with E-state index in [1.165, 1.54) is 16.7 Å². The van der Waals surface area contributed by atoms with Crippen molar-refractivity contribution < 1.29 is 14.7 Å². The molecule has 2 rings (SSSR count). The molecule has 0 radical (unpaired) electrons. The van der Waals surface area contributed by atoms with Gasteiger partial charge >= 0.3 is 5.97 Å². The summed E-state index contributed by atoms with van der Waals surface area (Å²) in [6, 6.07) is 4.71. The van der Waals surface area contributed by atoms with Crippen LogP contribution in [-0.2, 0) is 4.79 Å². The molecule has 0 aromatic heterocycles. The van der Waals surface area contributed by atoms with Gasteiger partial charge in [-0.2, -0.15) is 0 Å². The van der Waals surface area contributed by atoms with Crippen LogP contribution in [0.4, 0.5) is 0 Å². The Kier molecular flexibility index (Phi) is 4.54. The Morgan fingerprint density at radius 1 is 1.50 bits per heavy atom. The van der Waals surface area contributed by atoms with Gasteiger partial charge in [-0.05, 0) is 56.7 Å². The predicted octanol–water partition coefficient (Wildman–Crippen LogP) is 2.65. The number of thioether (sulfide) groups is 1. The van der Waals surface area contributed by atoms with Gasteiger partial charge in [0, 0.05) is 13.8 Å². The smallest absolute Gasteiger partial charge is 0.327 e. The molecule has 18 heavy (non-hydrogen) atoms. The maximum atomic E-state index is 12.4. The molecule has 1 heterocycles. The van der Waals surface area contributed by atoms with E-state index in [1.807, 2.05) is 6.07 Å². The lowest BCUT2D eigenvalue weighted by Crippen LogP contribution is -2.41. The molecular weight excluding hydrogens is 433 g/mol. The number of halogens is 2. The molecule has 1 saturated heterocycles. The minimum atomic E-state index is -0.949. The molecule has 1 amide bonds. The molecule has 1 atom stereocenters. The van der Waals surface area contributed by atoms with Gasteiger partial charge in [-0.3, -0.25) is 4.79 Å². The maximum absolute atomic E-state index is 12.4. The van der Waals surface area contributed by atoms with Crippen LogP contribution in [0.1, 0.15) is 10.4 Å².